The van der Waals surface area contributed by atoms with E-state index < -0.39 is 4.92 Å². The molecule has 0 atom stereocenters. The van der Waals surface area contributed by atoms with Crippen molar-refractivity contribution in [2.45, 2.75) is 6.92 Å². The molecule has 6 heteroatoms. The first-order chi connectivity index (χ1) is 9.97. The molecule has 0 spiro atoms. The largest absolute Gasteiger partial charge is 0.484 e. The van der Waals surface area contributed by atoms with Gasteiger partial charge in [0, 0.05) is 17.7 Å². The highest BCUT2D eigenvalue weighted by Gasteiger charge is 2.12. The van der Waals surface area contributed by atoms with Crippen LogP contribution in [-0.2, 0) is 0 Å². The van der Waals surface area contributed by atoms with Crippen LogP contribution in [0.4, 0.5) is 5.69 Å². The average molecular weight is 306 g/mol. The molecule has 0 saturated heterocycles. The maximum absolute atomic E-state index is 11.9. The van der Waals surface area contributed by atoms with Crippen molar-refractivity contribution in [3.63, 3.8) is 0 Å². The number of carbonyl (C=O) groups excluding carboxylic acids is 1. The van der Waals surface area contributed by atoms with Gasteiger partial charge >= 0.3 is 0 Å². The van der Waals surface area contributed by atoms with Gasteiger partial charge in [0.1, 0.15) is 5.75 Å². The zero-order valence-corrected chi connectivity index (χ0v) is 12.0. The standard InChI is InChI=1S/C15H12ClNO4/c1-10-2-4-11(5-3-10)14(18)9-21-15-7-6-12(17(19)20)8-13(15)16/h2-8H,9H2,1H3. The summed E-state index contributed by atoms with van der Waals surface area (Å²) < 4.78 is 5.31. The van der Waals surface area contributed by atoms with Gasteiger partial charge in [0.15, 0.2) is 12.4 Å². The Labute approximate surface area is 126 Å². The Morgan fingerprint density at radius 1 is 1.24 bits per heavy atom. The fraction of sp³-hybridized carbons (Fsp3) is 0.133. The number of ether oxygens (including phenoxy) is 1. The molecule has 0 saturated carbocycles. The highest BCUT2D eigenvalue weighted by Crippen LogP contribution is 2.28. The molecule has 0 fully saturated rings. The van der Waals surface area contributed by atoms with Crippen LogP contribution < -0.4 is 4.74 Å². The molecule has 0 aliphatic heterocycles. The number of hydrogen-bond acceptors (Lipinski definition) is 4. The molecule has 0 heterocycles. The van der Waals surface area contributed by atoms with E-state index in [1.807, 2.05) is 19.1 Å². The number of nitro groups is 1. The number of hydrogen-bond donors (Lipinski definition) is 0. The molecule has 2 rings (SSSR count). The minimum absolute atomic E-state index is 0.0981. The maximum atomic E-state index is 11.9. The molecule has 0 aliphatic carbocycles. The van der Waals surface area contributed by atoms with E-state index in [0.29, 0.717) is 5.56 Å². The van der Waals surface area contributed by atoms with Gasteiger partial charge in [-0.15, -0.1) is 0 Å². The highest BCUT2D eigenvalue weighted by atomic mass is 35.5. The number of Topliss-reactive ketones (excluding diaryl/α,β-unsaturated/α-hetero) is 1. The van der Waals surface area contributed by atoms with Crippen LogP contribution in [0.1, 0.15) is 15.9 Å². The van der Waals surface area contributed by atoms with Crippen molar-refractivity contribution in [1.82, 2.24) is 0 Å². The molecule has 108 valence electrons. The summed E-state index contributed by atoms with van der Waals surface area (Å²) in [6.07, 6.45) is 0. The Balaban J connectivity index is 2.04. The van der Waals surface area contributed by atoms with E-state index in [0.717, 1.165) is 5.56 Å². The minimum atomic E-state index is -0.548. The van der Waals surface area contributed by atoms with Gasteiger partial charge in [-0.2, -0.15) is 0 Å². The Morgan fingerprint density at radius 3 is 2.48 bits per heavy atom. The Bertz CT molecular complexity index is 683. The quantitative estimate of drug-likeness (QED) is 0.478. The summed E-state index contributed by atoms with van der Waals surface area (Å²) in [6.45, 7) is 1.75. The number of benzene rings is 2. The van der Waals surface area contributed by atoms with Crippen molar-refractivity contribution < 1.29 is 14.5 Å². The second kappa shape index (κ2) is 6.37. The molecule has 0 amide bonds. The van der Waals surface area contributed by atoms with Gasteiger partial charge in [-0.1, -0.05) is 41.4 Å². The van der Waals surface area contributed by atoms with Crippen LogP contribution in [0.5, 0.6) is 5.75 Å². The van der Waals surface area contributed by atoms with Gasteiger partial charge in [-0.05, 0) is 13.0 Å². The summed E-state index contributed by atoms with van der Waals surface area (Å²) in [5, 5.41) is 10.7. The van der Waals surface area contributed by atoms with Gasteiger partial charge in [-0.3, -0.25) is 14.9 Å². The van der Waals surface area contributed by atoms with Crippen molar-refractivity contribution in [3.05, 3.63) is 68.7 Å². The van der Waals surface area contributed by atoms with Crippen molar-refractivity contribution in [3.8, 4) is 5.75 Å². The third kappa shape index (κ3) is 3.79. The number of non-ortho nitro benzene ring substituents is 1. The maximum Gasteiger partial charge on any atom is 0.271 e. The number of carbonyl (C=O) groups is 1. The molecule has 0 aliphatic rings. The second-order valence-corrected chi connectivity index (χ2v) is 4.86. The zero-order valence-electron chi connectivity index (χ0n) is 11.2. The lowest BCUT2D eigenvalue weighted by atomic mass is 10.1. The predicted octanol–water partition coefficient (Wildman–Crippen LogP) is 3.82. The van der Waals surface area contributed by atoms with E-state index >= 15 is 0 Å². The molecule has 2 aromatic carbocycles. The van der Waals surface area contributed by atoms with Crippen LogP contribution in [0.3, 0.4) is 0 Å². The average Bonchev–Trinajstić information content (AvgIpc) is 2.46. The van der Waals surface area contributed by atoms with E-state index in [2.05, 4.69) is 0 Å². The lowest BCUT2D eigenvalue weighted by Gasteiger charge is -2.07. The molecule has 0 radical (unpaired) electrons. The van der Waals surface area contributed by atoms with Crippen molar-refractivity contribution in [2.75, 3.05) is 6.61 Å². The van der Waals surface area contributed by atoms with Crippen molar-refractivity contribution in [2.24, 2.45) is 0 Å². The summed E-state index contributed by atoms with van der Waals surface area (Å²) in [6, 6.07) is 11.0. The second-order valence-electron chi connectivity index (χ2n) is 4.45. The van der Waals surface area contributed by atoms with Gasteiger partial charge in [0.25, 0.3) is 5.69 Å². The third-order valence-corrected chi connectivity index (χ3v) is 3.15. The zero-order chi connectivity index (χ0) is 15.4. The lowest BCUT2D eigenvalue weighted by molar-refractivity contribution is -0.384. The molecule has 0 unspecified atom stereocenters. The molecule has 0 bridgehead atoms. The lowest BCUT2D eigenvalue weighted by Crippen LogP contribution is -2.11. The van der Waals surface area contributed by atoms with E-state index in [9.17, 15) is 14.9 Å². The topological polar surface area (TPSA) is 69.4 Å². The summed E-state index contributed by atoms with van der Waals surface area (Å²) in [5.41, 5.74) is 1.47. The van der Waals surface area contributed by atoms with Crippen LogP contribution >= 0.6 is 11.6 Å². The van der Waals surface area contributed by atoms with Crippen LogP contribution in [0, 0.1) is 17.0 Å². The van der Waals surface area contributed by atoms with Gasteiger partial charge in [0.05, 0.1) is 9.95 Å². The SMILES string of the molecule is Cc1ccc(C(=O)COc2ccc([N+](=O)[O-])cc2Cl)cc1. The monoisotopic (exact) mass is 305 g/mol. The number of nitro benzene ring substituents is 1. The number of ketones is 1. The summed E-state index contributed by atoms with van der Waals surface area (Å²) in [4.78, 5) is 22.0. The number of rotatable bonds is 5. The number of halogens is 1. The molecule has 0 aromatic heterocycles. The van der Waals surface area contributed by atoms with Crippen LogP contribution in [0.25, 0.3) is 0 Å². The summed E-state index contributed by atoms with van der Waals surface area (Å²) in [5.74, 6) is 0.0483. The van der Waals surface area contributed by atoms with Crippen molar-refractivity contribution in [1.29, 1.82) is 0 Å². The highest BCUT2D eigenvalue weighted by molar-refractivity contribution is 6.32. The molecular formula is C15H12ClNO4. The Morgan fingerprint density at radius 2 is 1.90 bits per heavy atom. The van der Waals surface area contributed by atoms with Crippen LogP contribution in [0.2, 0.25) is 5.02 Å². The molecule has 0 N–H and O–H groups in total. The molecular weight excluding hydrogens is 294 g/mol. The van der Waals surface area contributed by atoms with Crippen LogP contribution in [0.15, 0.2) is 42.5 Å². The molecule has 21 heavy (non-hydrogen) atoms. The Kier molecular flexibility index (Phi) is 4.55. The first kappa shape index (κ1) is 15.0. The first-order valence-electron chi connectivity index (χ1n) is 6.14. The van der Waals surface area contributed by atoms with Crippen molar-refractivity contribution >= 4 is 23.1 Å². The fourth-order valence-electron chi connectivity index (χ4n) is 1.69. The minimum Gasteiger partial charge on any atom is -0.484 e. The summed E-state index contributed by atoms with van der Waals surface area (Å²) >= 11 is 5.88. The third-order valence-electron chi connectivity index (χ3n) is 2.86. The van der Waals surface area contributed by atoms with Gasteiger partial charge in [0.2, 0.25) is 0 Å². The van der Waals surface area contributed by atoms with E-state index in [1.165, 1.54) is 18.2 Å². The van der Waals surface area contributed by atoms with E-state index in [1.54, 1.807) is 12.1 Å². The Hall–Kier alpha value is -2.40. The number of aryl methyl sites for hydroxylation is 1. The van der Waals surface area contributed by atoms with Crippen LogP contribution in [-0.4, -0.2) is 17.3 Å². The molecule has 5 nitrogen and oxygen atoms in total. The number of nitrogens with zero attached hydrogens (tertiary/aromatic N) is 1. The normalized spacial score (nSPS) is 10.2. The van der Waals surface area contributed by atoms with Gasteiger partial charge in [-0.25, -0.2) is 0 Å². The fourth-order valence-corrected chi connectivity index (χ4v) is 1.92. The molecule has 2 aromatic rings. The first-order valence-corrected chi connectivity index (χ1v) is 6.52. The van der Waals surface area contributed by atoms with Gasteiger partial charge < -0.3 is 4.74 Å². The van der Waals surface area contributed by atoms with E-state index in [-0.39, 0.29) is 28.8 Å². The smallest absolute Gasteiger partial charge is 0.271 e. The summed E-state index contributed by atoms with van der Waals surface area (Å²) in [7, 11) is 0. The predicted molar refractivity (Wildman–Crippen MR) is 79.1 cm³/mol. The van der Waals surface area contributed by atoms with E-state index in [4.69, 9.17) is 16.3 Å².